The first-order chi connectivity index (χ1) is 6.24. The summed E-state index contributed by atoms with van der Waals surface area (Å²) in [7, 11) is 0. The van der Waals surface area contributed by atoms with Gasteiger partial charge in [-0.05, 0) is 39.1 Å². The molecule has 0 N–H and O–H groups in total. The fourth-order valence-corrected chi connectivity index (χ4v) is 2.22. The summed E-state index contributed by atoms with van der Waals surface area (Å²) in [5.74, 6) is 1.94. The molecule has 0 atom stereocenters. The first-order valence-electron chi connectivity index (χ1n) is 4.95. The molecule has 0 aromatic carbocycles. The summed E-state index contributed by atoms with van der Waals surface area (Å²) in [6, 6.07) is 0. The number of Topliss-reactive ketones (excluding diaryl/α,β-unsaturated/α-hetero) is 1. The third-order valence-corrected chi connectivity index (χ3v) is 3.36. The van der Waals surface area contributed by atoms with Crippen LogP contribution in [0.25, 0.3) is 0 Å². The molecule has 0 amide bonds. The summed E-state index contributed by atoms with van der Waals surface area (Å²) in [6.45, 7) is 5.14. The number of carbonyl (C=O) groups excluding carboxylic acids is 1. The van der Waals surface area contributed by atoms with Gasteiger partial charge in [-0.3, -0.25) is 4.79 Å². The Balaban J connectivity index is 2.18. The molecule has 0 saturated carbocycles. The number of nitrogens with zero attached hydrogens (tertiary/aromatic N) is 1. The molecular formula is C10H19NOS. The van der Waals surface area contributed by atoms with Gasteiger partial charge >= 0.3 is 0 Å². The fourth-order valence-electron chi connectivity index (χ4n) is 1.78. The smallest absolute Gasteiger partial charge is 0.133 e. The molecule has 2 nitrogen and oxygen atoms in total. The van der Waals surface area contributed by atoms with Crippen molar-refractivity contribution in [3.63, 3.8) is 0 Å². The van der Waals surface area contributed by atoms with E-state index in [2.05, 4.69) is 11.2 Å². The largest absolute Gasteiger partial charge is 0.302 e. The van der Waals surface area contributed by atoms with Crippen molar-refractivity contribution < 1.29 is 4.79 Å². The Kier molecular flexibility index (Phi) is 4.81. The van der Waals surface area contributed by atoms with Gasteiger partial charge in [-0.2, -0.15) is 11.8 Å². The second-order valence-electron chi connectivity index (χ2n) is 3.72. The van der Waals surface area contributed by atoms with Crippen LogP contribution in [0.2, 0.25) is 0 Å². The van der Waals surface area contributed by atoms with Gasteiger partial charge in [0.05, 0.1) is 0 Å². The van der Waals surface area contributed by atoms with Gasteiger partial charge in [-0.1, -0.05) is 0 Å². The molecule has 0 aromatic heterocycles. The fraction of sp³-hybridized carbons (Fsp3) is 0.900. The second-order valence-corrected chi connectivity index (χ2v) is 4.70. The van der Waals surface area contributed by atoms with Crippen molar-refractivity contribution in [2.45, 2.75) is 19.8 Å². The molecule has 1 aliphatic rings. The van der Waals surface area contributed by atoms with E-state index in [-0.39, 0.29) is 0 Å². The minimum Gasteiger partial charge on any atom is -0.302 e. The molecule has 3 heteroatoms. The topological polar surface area (TPSA) is 20.3 Å². The van der Waals surface area contributed by atoms with Gasteiger partial charge in [0.2, 0.25) is 0 Å². The first kappa shape index (κ1) is 11.1. The Morgan fingerprint density at radius 3 is 2.54 bits per heavy atom. The minimum absolute atomic E-state index is 0.352. The standard InChI is InChI=1S/C10H19NOS/c1-9(12)10-3-5-11(6-4-10)7-8-13-2/h10H,3-8H2,1-2H3. The lowest BCUT2D eigenvalue weighted by molar-refractivity contribution is -0.122. The molecule has 0 aromatic rings. The third-order valence-electron chi connectivity index (χ3n) is 2.77. The van der Waals surface area contributed by atoms with Crippen LogP contribution in [0.5, 0.6) is 0 Å². The average Bonchev–Trinajstić information content (AvgIpc) is 2.15. The summed E-state index contributed by atoms with van der Waals surface area (Å²) in [5, 5.41) is 0. The predicted octanol–water partition coefficient (Wildman–Crippen LogP) is 1.65. The highest BCUT2D eigenvalue weighted by atomic mass is 32.2. The molecule has 13 heavy (non-hydrogen) atoms. The number of ketones is 1. The first-order valence-corrected chi connectivity index (χ1v) is 6.35. The zero-order chi connectivity index (χ0) is 9.68. The number of hydrogen-bond acceptors (Lipinski definition) is 3. The van der Waals surface area contributed by atoms with Gasteiger partial charge in [-0.15, -0.1) is 0 Å². The molecular weight excluding hydrogens is 182 g/mol. The summed E-state index contributed by atoms with van der Waals surface area (Å²) >= 11 is 1.89. The Morgan fingerprint density at radius 1 is 1.46 bits per heavy atom. The van der Waals surface area contributed by atoms with E-state index in [0.717, 1.165) is 25.9 Å². The molecule has 1 rings (SSSR count). The van der Waals surface area contributed by atoms with E-state index < -0.39 is 0 Å². The maximum Gasteiger partial charge on any atom is 0.133 e. The number of likely N-dealkylation sites (tertiary alicyclic amines) is 1. The lowest BCUT2D eigenvalue weighted by Gasteiger charge is -2.30. The molecule has 0 radical (unpaired) electrons. The van der Waals surface area contributed by atoms with Crippen LogP contribution in [-0.4, -0.2) is 42.3 Å². The molecule has 1 fully saturated rings. The third kappa shape index (κ3) is 3.69. The molecule has 1 heterocycles. The van der Waals surface area contributed by atoms with Gasteiger partial charge in [0.25, 0.3) is 0 Å². The second kappa shape index (κ2) is 5.66. The lowest BCUT2D eigenvalue weighted by atomic mass is 9.93. The van der Waals surface area contributed by atoms with Gasteiger partial charge in [0.15, 0.2) is 0 Å². The predicted molar refractivity (Wildman–Crippen MR) is 58.2 cm³/mol. The zero-order valence-corrected chi connectivity index (χ0v) is 9.40. The summed E-state index contributed by atoms with van der Waals surface area (Å²) in [4.78, 5) is 13.6. The van der Waals surface area contributed by atoms with Crippen LogP contribution in [0.15, 0.2) is 0 Å². The van der Waals surface area contributed by atoms with Crippen molar-refractivity contribution in [1.82, 2.24) is 4.90 Å². The van der Waals surface area contributed by atoms with Crippen molar-refractivity contribution in [2.75, 3.05) is 31.6 Å². The molecule has 0 unspecified atom stereocenters. The molecule has 76 valence electrons. The molecule has 1 saturated heterocycles. The van der Waals surface area contributed by atoms with E-state index in [1.165, 1.54) is 12.3 Å². The Bertz CT molecular complexity index is 164. The van der Waals surface area contributed by atoms with Crippen LogP contribution in [0, 0.1) is 5.92 Å². The number of rotatable bonds is 4. The van der Waals surface area contributed by atoms with Gasteiger partial charge in [-0.25, -0.2) is 0 Å². The Hall–Kier alpha value is -0.0200. The maximum atomic E-state index is 11.1. The molecule has 0 bridgehead atoms. The van der Waals surface area contributed by atoms with E-state index in [1.807, 2.05) is 11.8 Å². The van der Waals surface area contributed by atoms with Gasteiger partial charge in [0.1, 0.15) is 5.78 Å². The summed E-state index contributed by atoms with van der Waals surface area (Å²) in [6.07, 6.45) is 4.29. The van der Waals surface area contributed by atoms with Crippen LogP contribution in [-0.2, 0) is 4.79 Å². The number of hydrogen-bond donors (Lipinski definition) is 0. The molecule has 1 aliphatic heterocycles. The van der Waals surface area contributed by atoms with E-state index in [1.54, 1.807) is 6.92 Å². The summed E-state index contributed by atoms with van der Waals surface area (Å²) < 4.78 is 0. The molecule has 0 aliphatic carbocycles. The number of piperidine rings is 1. The van der Waals surface area contributed by atoms with Crippen molar-refractivity contribution in [3.8, 4) is 0 Å². The van der Waals surface area contributed by atoms with Crippen molar-refractivity contribution in [3.05, 3.63) is 0 Å². The van der Waals surface area contributed by atoms with Gasteiger partial charge in [0, 0.05) is 18.2 Å². The normalized spacial score (nSPS) is 20.5. The van der Waals surface area contributed by atoms with Crippen LogP contribution < -0.4 is 0 Å². The van der Waals surface area contributed by atoms with E-state index >= 15 is 0 Å². The maximum absolute atomic E-state index is 11.1. The van der Waals surface area contributed by atoms with E-state index in [4.69, 9.17) is 0 Å². The Morgan fingerprint density at radius 2 is 2.08 bits per heavy atom. The SMILES string of the molecule is CSCCN1CCC(C(C)=O)CC1. The highest BCUT2D eigenvalue weighted by Gasteiger charge is 2.21. The quantitative estimate of drug-likeness (QED) is 0.690. The van der Waals surface area contributed by atoms with Crippen LogP contribution in [0.3, 0.4) is 0 Å². The van der Waals surface area contributed by atoms with E-state index in [0.29, 0.717) is 11.7 Å². The Labute approximate surface area is 85.1 Å². The van der Waals surface area contributed by atoms with Crippen LogP contribution in [0.4, 0.5) is 0 Å². The van der Waals surface area contributed by atoms with Crippen LogP contribution in [0.1, 0.15) is 19.8 Å². The van der Waals surface area contributed by atoms with Crippen molar-refractivity contribution in [1.29, 1.82) is 0 Å². The number of carbonyl (C=O) groups is 1. The van der Waals surface area contributed by atoms with Crippen molar-refractivity contribution >= 4 is 17.5 Å². The number of thioether (sulfide) groups is 1. The summed E-state index contributed by atoms with van der Waals surface area (Å²) in [5.41, 5.74) is 0. The van der Waals surface area contributed by atoms with Gasteiger partial charge < -0.3 is 4.90 Å². The highest BCUT2D eigenvalue weighted by molar-refractivity contribution is 7.98. The zero-order valence-electron chi connectivity index (χ0n) is 8.58. The van der Waals surface area contributed by atoms with Crippen LogP contribution >= 0.6 is 11.8 Å². The van der Waals surface area contributed by atoms with E-state index in [9.17, 15) is 4.79 Å². The lowest BCUT2D eigenvalue weighted by Crippen LogP contribution is -2.37. The highest BCUT2D eigenvalue weighted by Crippen LogP contribution is 2.17. The average molecular weight is 201 g/mol. The monoisotopic (exact) mass is 201 g/mol. The minimum atomic E-state index is 0.352. The van der Waals surface area contributed by atoms with Crippen molar-refractivity contribution in [2.24, 2.45) is 5.92 Å². The molecule has 0 spiro atoms.